The number of H-pyrrole nitrogens is 1. The lowest BCUT2D eigenvalue weighted by atomic mass is 9.95. The second-order valence-corrected chi connectivity index (χ2v) is 18.3. The summed E-state index contributed by atoms with van der Waals surface area (Å²) in [4.78, 5) is 83.2. The average molecular weight is 943 g/mol. The van der Waals surface area contributed by atoms with Gasteiger partial charge in [0.15, 0.2) is 5.69 Å². The van der Waals surface area contributed by atoms with E-state index >= 15 is 4.39 Å². The molecule has 4 fully saturated rings. The normalized spacial score (nSPS) is 17.8. The molecule has 0 spiro atoms. The number of likely N-dealkylation sites (tertiary alicyclic amines) is 1. The van der Waals surface area contributed by atoms with Gasteiger partial charge in [-0.3, -0.25) is 33.8 Å². The van der Waals surface area contributed by atoms with E-state index in [0.29, 0.717) is 118 Å². The molecule has 362 valence electrons. The van der Waals surface area contributed by atoms with Crippen LogP contribution in [0.5, 0.6) is 5.75 Å². The average Bonchev–Trinajstić information content (AvgIpc) is 3.38. The Bertz CT molecular complexity index is 2720. The minimum absolute atomic E-state index is 0.0191. The molecule has 4 amide bonds. The zero-order valence-electron chi connectivity index (χ0n) is 39.0. The number of nitrogens with zero attached hydrogens (tertiary/aromatic N) is 8. The molecule has 0 atom stereocenters. The van der Waals surface area contributed by atoms with Crippen LogP contribution in [0.1, 0.15) is 44.9 Å². The van der Waals surface area contributed by atoms with Crippen molar-refractivity contribution in [3.8, 4) is 16.9 Å². The highest BCUT2D eigenvalue weighted by molar-refractivity contribution is 6.03. The van der Waals surface area contributed by atoms with Gasteiger partial charge in [0, 0.05) is 109 Å². The molecule has 4 aliphatic heterocycles. The highest BCUT2D eigenvalue weighted by atomic mass is 19.1. The maximum Gasteiger partial charge on any atom is 0.274 e. The number of carbonyl (C=O) groups is 4. The molecule has 3 aromatic carbocycles. The Hall–Kier alpha value is -6.60. The van der Waals surface area contributed by atoms with Crippen LogP contribution in [0.3, 0.4) is 0 Å². The van der Waals surface area contributed by atoms with Gasteiger partial charge >= 0.3 is 0 Å². The van der Waals surface area contributed by atoms with Gasteiger partial charge in [0.25, 0.3) is 17.4 Å². The quantitative estimate of drug-likeness (QED) is 0.176. The fourth-order valence-corrected chi connectivity index (χ4v) is 9.77. The number of benzene rings is 3. The van der Waals surface area contributed by atoms with Gasteiger partial charge in [-0.25, -0.2) is 14.5 Å². The number of hydrogen-bond donors (Lipinski definition) is 2. The maximum absolute atomic E-state index is 15.1. The molecule has 17 nitrogen and oxygen atoms in total. The molecule has 5 aromatic rings. The molecule has 4 aliphatic rings. The summed E-state index contributed by atoms with van der Waals surface area (Å²) in [5, 5.41) is 11.0. The summed E-state index contributed by atoms with van der Waals surface area (Å²) < 4.78 is 26.0. The molecule has 69 heavy (non-hydrogen) atoms. The monoisotopic (exact) mass is 942 g/mol. The standard InChI is InChI=1S/C51H59FN10O7/c1-68-39-6-4-5-37(29-39)38-30-45(54-46(63)33-59-23-25-69-26-24-59)48(53-31-38)51(67)61-13-11-35(12-14-61)32-57-15-17-58(18-16-57)34-47(64)60-19-21-62(22-20-60)50(66)42-27-36(9-10-43(42)52)28-44-40-7-2-3-8-41(40)49(65)56-55-44/h2-10,27,29-31,35H,11-26,28,32-34H2,1H3,(H,54,63)(H,56,65). The first-order valence-corrected chi connectivity index (χ1v) is 23.9. The first-order chi connectivity index (χ1) is 33.6. The van der Waals surface area contributed by atoms with Crippen LogP contribution < -0.4 is 15.6 Å². The number of amides is 4. The fourth-order valence-electron chi connectivity index (χ4n) is 9.77. The van der Waals surface area contributed by atoms with Gasteiger partial charge in [-0.05, 0) is 66.3 Å². The SMILES string of the molecule is COc1cccc(-c2cnc(C(=O)N3CCC(CN4CCN(CC(=O)N5CCN(C(=O)c6cc(Cc7n[nH]c(=O)c8ccccc78)ccc6F)CC5)CC4)CC3)c(NC(=O)CN3CCOCC3)c2)c1. The molecule has 0 bridgehead atoms. The first-order valence-electron chi connectivity index (χ1n) is 23.9. The van der Waals surface area contributed by atoms with Crippen molar-refractivity contribution >= 4 is 40.1 Å². The van der Waals surface area contributed by atoms with Gasteiger partial charge in [0.05, 0.1) is 55.7 Å². The Labute approximate surface area is 400 Å². The number of piperazine rings is 2. The number of methoxy groups -OCH3 is 1. The number of carbonyl (C=O) groups excluding carboxylic acids is 4. The molecule has 0 saturated carbocycles. The second kappa shape index (κ2) is 21.8. The molecule has 2 N–H and O–H groups in total. The lowest BCUT2D eigenvalue weighted by molar-refractivity contribution is -0.134. The number of aromatic amines is 1. The number of pyridine rings is 1. The lowest BCUT2D eigenvalue weighted by Crippen LogP contribution is -2.55. The van der Waals surface area contributed by atoms with Crippen molar-refractivity contribution in [2.75, 3.05) is 124 Å². The minimum Gasteiger partial charge on any atom is -0.497 e. The molecular weight excluding hydrogens is 884 g/mol. The molecule has 18 heteroatoms. The number of ether oxygens (including phenoxy) is 2. The van der Waals surface area contributed by atoms with Crippen molar-refractivity contribution in [1.82, 2.24) is 44.6 Å². The van der Waals surface area contributed by atoms with Crippen molar-refractivity contribution in [3.63, 3.8) is 0 Å². The van der Waals surface area contributed by atoms with E-state index in [1.807, 2.05) is 52.3 Å². The molecule has 9 rings (SSSR count). The largest absolute Gasteiger partial charge is 0.497 e. The summed E-state index contributed by atoms with van der Waals surface area (Å²) in [7, 11) is 1.61. The van der Waals surface area contributed by atoms with Crippen molar-refractivity contribution in [1.29, 1.82) is 0 Å². The zero-order valence-corrected chi connectivity index (χ0v) is 39.0. The second-order valence-electron chi connectivity index (χ2n) is 18.3. The first kappa shape index (κ1) is 47.5. The summed E-state index contributed by atoms with van der Waals surface area (Å²) >= 11 is 0. The van der Waals surface area contributed by atoms with Crippen LogP contribution in [-0.4, -0.2) is 187 Å². The zero-order chi connectivity index (χ0) is 47.9. The van der Waals surface area contributed by atoms with E-state index in [9.17, 15) is 24.0 Å². The number of halogens is 1. The number of hydrogen-bond acceptors (Lipinski definition) is 12. The van der Waals surface area contributed by atoms with Gasteiger partial charge in [-0.2, -0.15) is 5.10 Å². The highest BCUT2D eigenvalue weighted by Crippen LogP contribution is 2.29. The summed E-state index contributed by atoms with van der Waals surface area (Å²) in [5.41, 5.74) is 3.22. The molecule has 0 aliphatic carbocycles. The summed E-state index contributed by atoms with van der Waals surface area (Å²) in [6, 6.07) is 21.0. The molecule has 2 aromatic heterocycles. The number of fused-ring (bicyclic) bond motifs is 1. The van der Waals surface area contributed by atoms with Crippen LogP contribution in [-0.2, 0) is 20.7 Å². The van der Waals surface area contributed by atoms with E-state index in [1.165, 1.54) is 6.07 Å². The van der Waals surface area contributed by atoms with Gasteiger partial charge in [-0.15, -0.1) is 0 Å². The van der Waals surface area contributed by atoms with Crippen molar-refractivity contribution < 1.29 is 33.0 Å². The van der Waals surface area contributed by atoms with Crippen molar-refractivity contribution in [3.05, 3.63) is 118 Å². The van der Waals surface area contributed by atoms with Crippen LogP contribution in [0, 0.1) is 11.7 Å². The molecule has 4 saturated heterocycles. The van der Waals surface area contributed by atoms with E-state index in [2.05, 4.69) is 30.3 Å². The summed E-state index contributed by atoms with van der Waals surface area (Å²) in [5.74, 6) is -0.316. The molecule has 0 unspecified atom stereocenters. The number of aromatic nitrogens is 3. The van der Waals surface area contributed by atoms with Crippen LogP contribution in [0.25, 0.3) is 21.9 Å². The Morgan fingerprint density at radius 3 is 2.19 bits per heavy atom. The third-order valence-electron chi connectivity index (χ3n) is 13.8. The predicted octanol–water partition coefficient (Wildman–Crippen LogP) is 3.45. The fraction of sp³-hybridized carbons (Fsp3) is 0.431. The highest BCUT2D eigenvalue weighted by Gasteiger charge is 2.31. The smallest absolute Gasteiger partial charge is 0.274 e. The topological polar surface area (TPSA) is 177 Å². The van der Waals surface area contributed by atoms with Gasteiger partial charge < -0.3 is 34.4 Å². The summed E-state index contributed by atoms with van der Waals surface area (Å²) in [6.45, 7) is 9.63. The number of anilines is 1. The van der Waals surface area contributed by atoms with Gasteiger partial charge in [0.2, 0.25) is 11.8 Å². The van der Waals surface area contributed by atoms with E-state index in [0.717, 1.165) is 56.7 Å². The Morgan fingerprint density at radius 2 is 1.43 bits per heavy atom. The van der Waals surface area contributed by atoms with Crippen LogP contribution in [0.2, 0.25) is 0 Å². The molecular formula is C51H59FN10O7. The van der Waals surface area contributed by atoms with E-state index in [4.69, 9.17) is 9.47 Å². The number of rotatable bonds is 13. The van der Waals surface area contributed by atoms with Gasteiger partial charge in [0.1, 0.15) is 11.6 Å². The van der Waals surface area contributed by atoms with Crippen LogP contribution in [0.4, 0.5) is 10.1 Å². The van der Waals surface area contributed by atoms with E-state index in [-0.39, 0.29) is 41.1 Å². The van der Waals surface area contributed by atoms with Crippen LogP contribution >= 0.6 is 0 Å². The van der Waals surface area contributed by atoms with E-state index < -0.39 is 11.7 Å². The number of morpholine rings is 1. The minimum atomic E-state index is -0.612. The Morgan fingerprint density at radius 1 is 0.739 bits per heavy atom. The molecule has 6 heterocycles. The predicted molar refractivity (Wildman–Crippen MR) is 258 cm³/mol. The summed E-state index contributed by atoms with van der Waals surface area (Å²) in [6.07, 6.45) is 3.68. The van der Waals surface area contributed by atoms with Crippen LogP contribution in [0.15, 0.2) is 83.8 Å². The maximum atomic E-state index is 15.1. The van der Waals surface area contributed by atoms with Crippen molar-refractivity contribution in [2.45, 2.75) is 19.3 Å². The molecule has 0 radical (unpaired) electrons. The number of piperidine rings is 1. The van der Waals surface area contributed by atoms with E-state index in [1.54, 1.807) is 47.4 Å². The Balaban J connectivity index is 0.722. The third-order valence-corrected chi connectivity index (χ3v) is 13.8. The lowest BCUT2D eigenvalue weighted by Gasteiger charge is -2.40. The third kappa shape index (κ3) is 11.5. The Kier molecular flexibility index (Phi) is 15.0. The number of nitrogens with one attached hydrogen (secondary N) is 2. The van der Waals surface area contributed by atoms with Crippen molar-refractivity contribution in [2.24, 2.45) is 5.92 Å². The van der Waals surface area contributed by atoms with Gasteiger partial charge in [-0.1, -0.05) is 36.4 Å².